The second-order valence-corrected chi connectivity index (χ2v) is 4.76. The number of aliphatic hydroxyl groups excluding tert-OH is 1. The second-order valence-electron chi connectivity index (χ2n) is 4.76. The highest BCUT2D eigenvalue weighted by Gasteiger charge is 2.26. The number of piperidine rings is 1. The van der Waals surface area contributed by atoms with Crippen molar-refractivity contribution in [3.63, 3.8) is 0 Å². The fourth-order valence-corrected chi connectivity index (χ4v) is 2.36. The Labute approximate surface area is 114 Å². The number of nitrogens with zero attached hydrogens (tertiary/aromatic N) is 3. The molecule has 1 fully saturated rings. The number of carbonyl (C=O) groups is 1. The number of aliphatic hydroxyl groups is 1. The Morgan fingerprint density at radius 1 is 1.60 bits per heavy atom. The molecule has 0 aromatic carbocycles. The number of anilines is 1. The lowest BCUT2D eigenvalue weighted by atomic mass is 9.98. The smallest absolute Gasteiger partial charge is 0.339 e. The SMILES string of the molecule is O=C(O)c1cc([N+](=O)[O-])cnc1N1CCCC(CO)C1. The maximum Gasteiger partial charge on any atom is 0.339 e. The van der Waals surface area contributed by atoms with Crippen LogP contribution in [-0.4, -0.2) is 45.8 Å². The number of nitro groups is 1. The van der Waals surface area contributed by atoms with Gasteiger partial charge in [0.05, 0.1) is 4.92 Å². The van der Waals surface area contributed by atoms with E-state index in [1.807, 2.05) is 0 Å². The summed E-state index contributed by atoms with van der Waals surface area (Å²) in [4.78, 5) is 27.0. The number of hydrogen-bond acceptors (Lipinski definition) is 6. The number of aromatic carboxylic acids is 1. The molecule has 0 radical (unpaired) electrons. The molecule has 1 atom stereocenters. The first kappa shape index (κ1) is 14.2. The van der Waals surface area contributed by atoms with E-state index in [-0.39, 0.29) is 29.6 Å². The Balaban J connectivity index is 2.35. The summed E-state index contributed by atoms with van der Waals surface area (Å²) in [6, 6.07) is 1.02. The van der Waals surface area contributed by atoms with E-state index in [0.717, 1.165) is 25.1 Å². The Morgan fingerprint density at radius 2 is 2.35 bits per heavy atom. The summed E-state index contributed by atoms with van der Waals surface area (Å²) in [5, 5.41) is 29.1. The summed E-state index contributed by atoms with van der Waals surface area (Å²) >= 11 is 0. The van der Waals surface area contributed by atoms with Crippen LogP contribution in [-0.2, 0) is 0 Å². The van der Waals surface area contributed by atoms with Gasteiger partial charge in [-0.25, -0.2) is 9.78 Å². The van der Waals surface area contributed by atoms with Gasteiger partial charge in [0.2, 0.25) is 0 Å². The number of rotatable bonds is 4. The molecule has 0 saturated carbocycles. The average molecular weight is 281 g/mol. The van der Waals surface area contributed by atoms with Crippen molar-refractivity contribution in [2.75, 3.05) is 24.6 Å². The lowest BCUT2D eigenvalue weighted by Crippen LogP contribution is -2.38. The van der Waals surface area contributed by atoms with Crippen molar-refractivity contribution < 1.29 is 19.9 Å². The van der Waals surface area contributed by atoms with Gasteiger partial charge < -0.3 is 15.1 Å². The molecule has 20 heavy (non-hydrogen) atoms. The van der Waals surface area contributed by atoms with Crippen molar-refractivity contribution >= 4 is 17.5 Å². The lowest BCUT2D eigenvalue weighted by Gasteiger charge is -2.33. The topological polar surface area (TPSA) is 117 Å². The van der Waals surface area contributed by atoms with Crippen LogP contribution >= 0.6 is 0 Å². The van der Waals surface area contributed by atoms with Crippen LogP contribution in [0, 0.1) is 16.0 Å². The Bertz CT molecular complexity index is 534. The maximum atomic E-state index is 11.3. The standard InChI is InChI=1S/C12H15N3O5/c16-7-8-2-1-3-14(6-8)11-10(12(17)18)4-9(5-13-11)15(19)20/h4-5,8,16H,1-3,6-7H2,(H,17,18). The maximum absolute atomic E-state index is 11.3. The van der Waals surface area contributed by atoms with Gasteiger partial charge in [0.25, 0.3) is 5.69 Å². The molecule has 8 nitrogen and oxygen atoms in total. The molecule has 1 aliphatic heterocycles. The predicted molar refractivity (Wildman–Crippen MR) is 69.9 cm³/mol. The van der Waals surface area contributed by atoms with E-state index < -0.39 is 10.9 Å². The third kappa shape index (κ3) is 2.85. The molecule has 1 aromatic rings. The molecular formula is C12H15N3O5. The van der Waals surface area contributed by atoms with Gasteiger partial charge >= 0.3 is 5.97 Å². The Hall–Kier alpha value is -2.22. The number of carboxylic acid groups (broad SMARTS) is 1. The third-order valence-corrected chi connectivity index (χ3v) is 3.37. The van der Waals surface area contributed by atoms with Crippen LogP contribution in [0.25, 0.3) is 0 Å². The molecule has 108 valence electrons. The van der Waals surface area contributed by atoms with Gasteiger partial charge in [-0.15, -0.1) is 0 Å². The van der Waals surface area contributed by atoms with Crippen LogP contribution in [0.2, 0.25) is 0 Å². The van der Waals surface area contributed by atoms with Crippen LogP contribution in [0.4, 0.5) is 11.5 Å². The summed E-state index contributed by atoms with van der Waals surface area (Å²) in [6.07, 6.45) is 2.76. The minimum Gasteiger partial charge on any atom is -0.478 e. The van der Waals surface area contributed by atoms with Gasteiger partial charge in [-0.05, 0) is 18.8 Å². The summed E-state index contributed by atoms with van der Waals surface area (Å²) in [7, 11) is 0. The van der Waals surface area contributed by atoms with Gasteiger partial charge in [-0.2, -0.15) is 0 Å². The van der Waals surface area contributed by atoms with Crippen LogP contribution in [0.3, 0.4) is 0 Å². The molecule has 0 amide bonds. The quantitative estimate of drug-likeness (QED) is 0.621. The van der Waals surface area contributed by atoms with Crippen molar-refractivity contribution in [1.29, 1.82) is 0 Å². The molecule has 1 aromatic heterocycles. The van der Waals surface area contributed by atoms with E-state index in [4.69, 9.17) is 0 Å². The van der Waals surface area contributed by atoms with Crippen LogP contribution in [0.15, 0.2) is 12.3 Å². The first-order valence-corrected chi connectivity index (χ1v) is 6.26. The average Bonchev–Trinajstić information content (AvgIpc) is 2.46. The highest BCUT2D eigenvalue weighted by molar-refractivity contribution is 5.94. The molecule has 0 spiro atoms. The first-order valence-electron chi connectivity index (χ1n) is 6.26. The van der Waals surface area contributed by atoms with Gasteiger partial charge in [-0.3, -0.25) is 10.1 Å². The predicted octanol–water partition coefficient (Wildman–Crippen LogP) is 0.897. The zero-order valence-electron chi connectivity index (χ0n) is 10.7. The summed E-state index contributed by atoms with van der Waals surface area (Å²) in [6.45, 7) is 1.16. The molecule has 1 aliphatic rings. The molecule has 0 bridgehead atoms. The molecule has 2 heterocycles. The normalized spacial score (nSPS) is 18.9. The Morgan fingerprint density at radius 3 is 2.95 bits per heavy atom. The van der Waals surface area contributed by atoms with Crippen LogP contribution < -0.4 is 4.90 Å². The highest BCUT2D eigenvalue weighted by atomic mass is 16.6. The minimum absolute atomic E-state index is 0.0336. The number of aromatic nitrogens is 1. The molecule has 1 saturated heterocycles. The van der Waals surface area contributed by atoms with Crippen molar-refractivity contribution in [2.24, 2.45) is 5.92 Å². The molecular weight excluding hydrogens is 266 g/mol. The van der Waals surface area contributed by atoms with E-state index in [1.54, 1.807) is 4.90 Å². The Kier molecular flexibility index (Phi) is 4.14. The van der Waals surface area contributed by atoms with Gasteiger partial charge in [0, 0.05) is 25.8 Å². The number of pyridine rings is 1. The number of hydrogen-bond donors (Lipinski definition) is 2. The zero-order chi connectivity index (χ0) is 14.7. The van der Waals surface area contributed by atoms with Crippen LogP contribution in [0.1, 0.15) is 23.2 Å². The molecule has 0 aliphatic carbocycles. The van der Waals surface area contributed by atoms with Crippen LogP contribution in [0.5, 0.6) is 0 Å². The van der Waals surface area contributed by atoms with E-state index in [9.17, 15) is 25.1 Å². The second kappa shape index (κ2) is 5.83. The molecule has 2 rings (SSSR count). The minimum atomic E-state index is -1.25. The van der Waals surface area contributed by atoms with Gasteiger partial charge in [-0.1, -0.05) is 0 Å². The first-order chi connectivity index (χ1) is 9.52. The summed E-state index contributed by atoms with van der Waals surface area (Å²) < 4.78 is 0. The fraction of sp³-hybridized carbons (Fsp3) is 0.500. The van der Waals surface area contributed by atoms with E-state index in [1.165, 1.54) is 0 Å². The fourth-order valence-electron chi connectivity index (χ4n) is 2.36. The van der Waals surface area contributed by atoms with E-state index in [2.05, 4.69) is 4.98 Å². The molecule has 2 N–H and O–H groups in total. The summed E-state index contributed by atoms with van der Waals surface area (Å²) in [5.41, 5.74) is -0.528. The van der Waals surface area contributed by atoms with E-state index in [0.29, 0.717) is 13.1 Å². The number of carboxylic acids is 1. The van der Waals surface area contributed by atoms with Gasteiger partial charge in [0.1, 0.15) is 17.6 Å². The highest BCUT2D eigenvalue weighted by Crippen LogP contribution is 2.26. The van der Waals surface area contributed by atoms with Crippen molar-refractivity contribution in [2.45, 2.75) is 12.8 Å². The largest absolute Gasteiger partial charge is 0.478 e. The van der Waals surface area contributed by atoms with Gasteiger partial charge in [0.15, 0.2) is 0 Å². The molecule has 8 heteroatoms. The molecule has 1 unspecified atom stereocenters. The third-order valence-electron chi connectivity index (χ3n) is 3.37. The lowest BCUT2D eigenvalue weighted by molar-refractivity contribution is -0.385. The monoisotopic (exact) mass is 281 g/mol. The van der Waals surface area contributed by atoms with E-state index >= 15 is 0 Å². The van der Waals surface area contributed by atoms with Crippen molar-refractivity contribution in [1.82, 2.24) is 4.98 Å². The zero-order valence-corrected chi connectivity index (χ0v) is 10.7. The van der Waals surface area contributed by atoms with Crippen molar-refractivity contribution in [3.05, 3.63) is 27.9 Å². The van der Waals surface area contributed by atoms with Crippen molar-refractivity contribution in [3.8, 4) is 0 Å². The summed E-state index contributed by atoms with van der Waals surface area (Å²) in [5.74, 6) is -0.953.